The Bertz CT molecular complexity index is 342. The molecule has 0 unspecified atom stereocenters. The molecule has 1 saturated carbocycles. The van der Waals surface area contributed by atoms with Crippen LogP contribution >= 0.6 is 0 Å². The predicted molar refractivity (Wildman–Crippen MR) is 49.6 cm³/mol. The molecule has 1 aromatic heterocycles. The first-order valence-corrected chi connectivity index (χ1v) is 5.05. The third kappa shape index (κ3) is 2.01. The molecule has 1 heterocycles. The summed E-state index contributed by atoms with van der Waals surface area (Å²) in [5, 5.41) is 0. The van der Waals surface area contributed by atoms with Crippen LogP contribution in [0, 0.1) is 0 Å². The Morgan fingerprint density at radius 2 is 2.00 bits per heavy atom. The van der Waals surface area contributed by atoms with Gasteiger partial charge in [-0.05, 0) is 12.8 Å². The molecule has 1 aromatic rings. The van der Waals surface area contributed by atoms with Crippen LogP contribution in [0.1, 0.15) is 50.2 Å². The topological polar surface area (TPSA) is 17.8 Å². The smallest absolute Gasteiger partial charge is 0.331 e. The van der Waals surface area contributed by atoms with Gasteiger partial charge in [-0.25, -0.2) is 4.98 Å². The van der Waals surface area contributed by atoms with Gasteiger partial charge in [0.1, 0.15) is 5.82 Å². The summed E-state index contributed by atoms with van der Waals surface area (Å²) in [5.74, 6) is 0.575. The van der Waals surface area contributed by atoms with Crippen molar-refractivity contribution in [2.45, 2.75) is 44.8 Å². The lowest BCUT2D eigenvalue weighted by molar-refractivity contribution is -0.141. The van der Waals surface area contributed by atoms with Crippen molar-refractivity contribution in [3.05, 3.63) is 17.7 Å². The largest absolute Gasteiger partial charge is 0.434 e. The molecule has 0 amide bonds. The van der Waals surface area contributed by atoms with E-state index in [4.69, 9.17) is 0 Å². The van der Waals surface area contributed by atoms with Crippen LogP contribution in [0.25, 0.3) is 0 Å². The minimum atomic E-state index is -4.33. The monoisotopic (exact) mass is 218 g/mol. The molecule has 0 aromatic carbocycles. The fourth-order valence-electron chi connectivity index (χ4n) is 1.62. The van der Waals surface area contributed by atoms with E-state index in [-0.39, 0.29) is 12.0 Å². The number of hydrogen-bond donors (Lipinski definition) is 0. The first-order chi connectivity index (χ1) is 6.89. The van der Waals surface area contributed by atoms with Gasteiger partial charge in [0.15, 0.2) is 5.69 Å². The summed E-state index contributed by atoms with van der Waals surface area (Å²) in [7, 11) is 0. The lowest BCUT2D eigenvalue weighted by Gasteiger charge is -2.07. The van der Waals surface area contributed by atoms with E-state index in [2.05, 4.69) is 4.98 Å². The van der Waals surface area contributed by atoms with Gasteiger partial charge in [0, 0.05) is 18.2 Å². The van der Waals surface area contributed by atoms with Gasteiger partial charge < -0.3 is 4.57 Å². The summed E-state index contributed by atoms with van der Waals surface area (Å²) in [6, 6.07) is 0.242. The zero-order valence-electron chi connectivity index (χ0n) is 8.67. The molecule has 1 aliphatic rings. The van der Waals surface area contributed by atoms with Crippen LogP contribution in [-0.2, 0) is 6.18 Å². The summed E-state index contributed by atoms with van der Waals surface area (Å²) < 4.78 is 39.0. The summed E-state index contributed by atoms with van der Waals surface area (Å²) in [6.07, 6.45) is -1.25. The highest BCUT2D eigenvalue weighted by molar-refractivity contribution is 5.13. The second-order valence-electron chi connectivity index (χ2n) is 4.28. The normalized spacial score (nSPS) is 17.5. The van der Waals surface area contributed by atoms with Crippen LogP contribution in [0.5, 0.6) is 0 Å². The summed E-state index contributed by atoms with van der Waals surface area (Å²) in [4.78, 5) is 3.68. The predicted octanol–water partition coefficient (Wildman–Crippen LogP) is 3.36. The van der Waals surface area contributed by atoms with Crippen LogP contribution < -0.4 is 0 Å². The third-order valence-electron chi connectivity index (χ3n) is 2.51. The maximum atomic E-state index is 12.5. The minimum absolute atomic E-state index is 0.0294. The van der Waals surface area contributed by atoms with E-state index >= 15 is 0 Å². The van der Waals surface area contributed by atoms with Crippen LogP contribution in [-0.4, -0.2) is 9.55 Å². The van der Waals surface area contributed by atoms with Crippen molar-refractivity contribution >= 4 is 0 Å². The average molecular weight is 218 g/mol. The Balaban J connectivity index is 2.40. The molecule has 5 heteroatoms. The van der Waals surface area contributed by atoms with Gasteiger partial charge in [-0.3, -0.25) is 0 Å². The van der Waals surface area contributed by atoms with Gasteiger partial charge in [0.25, 0.3) is 0 Å². The average Bonchev–Trinajstić information content (AvgIpc) is 2.81. The third-order valence-corrected chi connectivity index (χ3v) is 2.51. The number of imidazole rings is 1. The first-order valence-electron chi connectivity index (χ1n) is 5.05. The van der Waals surface area contributed by atoms with Gasteiger partial charge in [-0.2, -0.15) is 13.2 Å². The zero-order valence-corrected chi connectivity index (χ0v) is 8.67. The Morgan fingerprint density at radius 1 is 1.40 bits per heavy atom. The second-order valence-corrected chi connectivity index (χ2v) is 4.28. The van der Waals surface area contributed by atoms with Gasteiger partial charge >= 0.3 is 6.18 Å². The molecule has 0 spiro atoms. The fourth-order valence-corrected chi connectivity index (χ4v) is 1.62. The maximum Gasteiger partial charge on any atom is 0.434 e. The van der Waals surface area contributed by atoms with E-state index in [1.165, 1.54) is 0 Å². The molecule has 1 aliphatic carbocycles. The molecule has 84 valence electrons. The lowest BCUT2D eigenvalue weighted by Crippen LogP contribution is -2.05. The number of halogens is 3. The Morgan fingerprint density at radius 3 is 2.40 bits per heavy atom. The molecule has 2 nitrogen and oxygen atoms in total. The maximum absolute atomic E-state index is 12.5. The Kier molecular flexibility index (Phi) is 2.28. The molecule has 2 rings (SSSR count). The van der Waals surface area contributed by atoms with Crippen molar-refractivity contribution in [2.24, 2.45) is 0 Å². The van der Waals surface area contributed by atoms with Crippen molar-refractivity contribution in [3.63, 3.8) is 0 Å². The molecular formula is C10H13F3N2. The zero-order chi connectivity index (χ0) is 11.2. The SMILES string of the molecule is CC(C)c1nc(C(F)(F)F)cn1C1CC1. The van der Waals surface area contributed by atoms with Gasteiger partial charge in [-0.15, -0.1) is 0 Å². The van der Waals surface area contributed by atoms with Crippen molar-refractivity contribution in [1.29, 1.82) is 0 Å². The number of rotatable bonds is 2. The number of hydrogen-bond acceptors (Lipinski definition) is 1. The van der Waals surface area contributed by atoms with Crippen molar-refractivity contribution in [2.75, 3.05) is 0 Å². The Labute approximate surface area is 86.1 Å². The fraction of sp³-hybridized carbons (Fsp3) is 0.700. The van der Waals surface area contributed by atoms with E-state index < -0.39 is 11.9 Å². The molecular weight excluding hydrogens is 205 g/mol. The molecule has 1 fully saturated rings. The first kappa shape index (κ1) is 10.5. The molecule has 0 saturated heterocycles. The number of alkyl halides is 3. The molecule has 15 heavy (non-hydrogen) atoms. The number of aromatic nitrogens is 2. The van der Waals surface area contributed by atoms with E-state index in [9.17, 15) is 13.2 Å². The van der Waals surface area contributed by atoms with Gasteiger partial charge in [-0.1, -0.05) is 13.8 Å². The standard InChI is InChI=1S/C10H13F3N2/c1-6(2)9-14-8(10(11,12)13)5-15(9)7-3-4-7/h5-7H,3-4H2,1-2H3. The van der Waals surface area contributed by atoms with Crippen molar-refractivity contribution in [1.82, 2.24) is 9.55 Å². The minimum Gasteiger partial charge on any atom is -0.331 e. The van der Waals surface area contributed by atoms with Gasteiger partial charge in [0.2, 0.25) is 0 Å². The van der Waals surface area contributed by atoms with Gasteiger partial charge in [0.05, 0.1) is 0 Å². The Hall–Kier alpha value is -1.00. The quantitative estimate of drug-likeness (QED) is 0.744. The van der Waals surface area contributed by atoms with Crippen LogP contribution in [0.2, 0.25) is 0 Å². The van der Waals surface area contributed by atoms with Crippen LogP contribution in [0.4, 0.5) is 13.2 Å². The highest BCUT2D eigenvalue weighted by Gasteiger charge is 2.37. The second kappa shape index (κ2) is 3.25. The number of nitrogens with zero attached hydrogens (tertiary/aromatic N) is 2. The molecule has 0 N–H and O–H groups in total. The van der Waals surface area contributed by atoms with E-state index in [1.54, 1.807) is 4.57 Å². The summed E-state index contributed by atoms with van der Waals surface area (Å²) in [6.45, 7) is 3.72. The summed E-state index contributed by atoms with van der Waals surface area (Å²) >= 11 is 0. The highest BCUT2D eigenvalue weighted by atomic mass is 19.4. The molecule has 0 radical (unpaired) electrons. The summed E-state index contributed by atoms with van der Waals surface area (Å²) in [5.41, 5.74) is -0.766. The molecule has 0 bridgehead atoms. The molecule has 0 atom stereocenters. The van der Waals surface area contributed by atoms with E-state index in [0.717, 1.165) is 19.0 Å². The van der Waals surface area contributed by atoms with Crippen molar-refractivity contribution in [3.8, 4) is 0 Å². The molecule has 0 aliphatic heterocycles. The van der Waals surface area contributed by atoms with Crippen LogP contribution in [0.15, 0.2) is 6.20 Å². The highest BCUT2D eigenvalue weighted by Crippen LogP contribution is 2.39. The van der Waals surface area contributed by atoms with Crippen molar-refractivity contribution < 1.29 is 13.2 Å². The lowest BCUT2D eigenvalue weighted by atomic mass is 10.2. The van der Waals surface area contributed by atoms with Crippen LogP contribution in [0.3, 0.4) is 0 Å². The van der Waals surface area contributed by atoms with E-state index in [1.807, 2.05) is 13.8 Å². The van der Waals surface area contributed by atoms with E-state index in [0.29, 0.717) is 5.82 Å².